The summed E-state index contributed by atoms with van der Waals surface area (Å²) in [5.41, 5.74) is 7.12. The van der Waals surface area contributed by atoms with Crippen LogP contribution in [0.3, 0.4) is 0 Å². The van der Waals surface area contributed by atoms with Gasteiger partial charge in [0.15, 0.2) is 0 Å². The van der Waals surface area contributed by atoms with Crippen molar-refractivity contribution in [3.63, 3.8) is 0 Å². The zero-order chi connectivity index (χ0) is 36.2. The van der Waals surface area contributed by atoms with E-state index < -0.39 is 41.9 Å². The maximum absolute atomic E-state index is 14.2. The highest BCUT2D eigenvalue weighted by atomic mass is 16.2. The van der Waals surface area contributed by atoms with Crippen LogP contribution in [0.1, 0.15) is 73.3 Å². The smallest absolute Gasteiger partial charge is 0.249 e. The summed E-state index contributed by atoms with van der Waals surface area (Å²) in [5.74, 6) is -0.447. The van der Waals surface area contributed by atoms with Crippen LogP contribution in [0.5, 0.6) is 0 Å². The molecule has 10 heteroatoms. The van der Waals surface area contributed by atoms with Gasteiger partial charge >= 0.3 is 0 Å². The lowest BCUT2D eigenvalue weighted by atomic mass is 9.94. The molecule has 4 atom stereocenters. The van der Waals surface area contributed by atoms with Gasteiger partial charge in [0.2, 0.25) is 29.5 Å². The second kappa shape index (κ2) is 18.9. The molecule has 4 unspecified atom stereocenters. The topological polar surface area (TPSA) is 124 Å². The molecule has 0 spiro atoms. The van der Waals surface area contributed by atoms with Crippen LogP contribution in [0.25, 0.3) is 0 Å². The first kappa shape index (κ1) is 40.9. The number of terminal acetylenes is 1. The van der Waals surface area contributed by atoms with Gasteiger partial charge in [0.05, 0.1) is 0 Å². The number of carbonyl (C=O) groups excluding carboxylic acids is 5. The summed E-state index contributed by atoms with van der Waals surface area (Å²) >= 11 is 0. The molecule has 2 N–H and O–H groups in total. The Morgan fingerprint density at radius 3 is 1.57 bits per heavy atom. The molecule has 0 saturated heterocycles. The Labute approximate surface area is 282 Å². The molecule has 10 nitrogen and oxygen atoms in total. The Balaban J connectivity index is 3.35. The highest BCUT2D eigenvalue weighted by Gasteiger charge is 2.42. The number of nitrogens with zero attached hydrogens (tertiary/aromatic N) is 4. The van der Waals surface area contributed by atoms with Crippen molar-refractivity contribution in [1.82, 2.24) is 19.6 Å². The van der Waals surface area contributed by atoms with Crippen molar-refractivity contribution in [1.29, 1.82) is 0 Å². The van der Waals surface area contributed by atoms with Crippen LogP contribution in [0.15, 0.2) is 42.0 Å². The van der Waals surface area contributed by atoms with Crippen LogP contribution < -0.4 is 5.73 Å². The minimum Gasteiger partial charge on any atom is -0.368 e. The number of carbonyl (C=O) groups is 5. The van der Waals surface area contributed by atoms with Crippen LogP contribution in [-0.2, 0) is 30.4 Å². The summed E-state index contributed by atoms with van der Waals surface area (Å²) in [5, 5.41) is 0. The summed E-state index contributed by atoms with van der Waals surface area (Å²) in [7, 11) is 6.24. The third kappa shape index (κ3) is 11.0. The highest BCUT2D eigenvalue weighted by Crippen LogP contribution is 2.23. The zero-order valence-electron chi connectivity index (χ0n) is 30.3. The molecule has 1 rings (SSSR count). The lowest BCUT2D eigenvalue weighted by Gasteiger charge is -2.41. The second-order valence-corrected chi connectivity index (χ2v) is 13.4. The Morgan fingerprint density at radius 2 is 1.17 bits per heavy atom. The molecule has 0 saturated carbocycles. The Bertz CT molecular complexity index is 1300. The maximum Gasteiger partial charge on any atom is 0.249 e. The van der Waals surface area contributed by atoms with Gasteiger partial charge in [-0.15, -0.1) is 12.3 Å². The van der Waals surface area contributed by atoms with E-state index in [1.165, 1.54) is 26.6 Å². The van der Waals surface area contributed by atoms with Gasteiger partial charge in [-0.2, -0.15) is 0 Å². The van der Waals surface area contributed by atoms with Gasteiger partial charge in [-0.3, -0.25) is 24.0 Å². The fourth-order valence-corrected chi connectivity index (χ4v) is 6.03. The molecule has 47 heavy (non-hydrogen) atoms. The van der Waals surface area contributed by atoms with Gasteiger partial charge in [-0.25, -0.2) is 0 Å². The fourth-order valence-electron chi connectivity index (χ4n) is 6.03. The predicted octanol–water partition coefficient (Wildman–Crippen LogP) is 3.74. The van der Waals surface area contributed by atoms with E-state index in [-0.39, 0.29) is 36.0 Å². The van der Waals surface area contributed by atoms with Crippen molar-refractivity contribution >= 4 is 29.5 Å². The lowest BCUT2D eigenvalue weighted by molar-refractivity contribution is -0.156. The first-order chi connectivity index (χ1) is 21.9. The molecule has 0 aliphatic carbocycles. The third-order valence-electron chi connectivity index (χ3n) is 8.65. The van der Waals surface area contributed by atoms with Crippen molar-refractivity contribution in [2.24, 2.45) is 23.5 Å². The number of rotatable bonds is 17. The van der Waals surface area contributed by atoms with Crippen LogP contribution in [0.4, 0.5) is 0 Å². The van der Waals surface area contributed by atoms with Crippen molar-refractivity contribution in [3.8, 4) is 12.3 Å². The van der Waals surface area contributed by atoms with Crippen LogP contribution in [0.2, 0.25) is 0 Å². The fraction of sp³-hybridized carbons (Fsp3) is 0.595. The second-order valence-electron chi connectivity index (χ2n) is 13.4. The third-order valence-corrected chi connectivity index (χ3v) is 8.65. The molecule has 0 aliphatic heterocycles. The Kier molecular flexibility index (Phi) is 16.4. The van der Waals surface area contributed by atoms with Gasteiger partial charge in [0.25, 0.3) is 0 Å². The van der Waals surface area contributed by atoms with E-state index in [4.69, 9.17) is 12.2 Å². The molecular weight excluding hydrogens is 594 g/mol. The van der Waals surface area contributed by atoms with Crippen molar-refractivity contribution in [2.75, 3.05) is 28.2 Å². The van der Waals surface area contributed by atoms with E-state index in [9.17, 15) is 24.0 Å². The van der Waals surface area contributed by atoms with E-state index >= 15 is 0 Å². The van der Waals surface area contributed by atoms with Crippen LogP contribution in [0, 0.1) is 30.1 Å². The quantitative estimate of drug-likeness (QED) is 0.156. The van der Waals surface area contributed by atoms with Crippen molar-refractivity contribution in [2.45, 2.75) is 98.3 Å². The number of unbranched alkanes of at least 4 members (excludes halogenated alkanes) is 2. The van der Waals surface area contributed by atoms with E-state index in [2.05, 4.69) is 5.92 Å². The summed E-state index contributed by atoms with van der Waals surface area (Å²) in [6.45, 7) is 12.8. The standard InChI is InChI=1S/C37H57N5O5/c1-13-14-15-17-20-27(8)34(44)40(10)31(25(4)5)36(46)42(12)32(26(6)7)37(47)41(11)30(24(2)3)35(45)39(9)29(33(38)43)23-28-21-18-16-19-22-28/h1,16,18-22,24-26,29-32H,14-15,17,23H2,2-12H3,(H2,38,43). The number of primary amides is 1. The average molecular weight is 652 g/mol. The first-order valence-corrected chi connectivity index (χ1v) is 16.4. The molecule has 0 aromatic heterocycles. The largest absolute Gasteiger partial charge is 0.368 e. The predicted molar refractivity (Wildman–Crippen MR) is 187 cm³/mol. The molecule has 0 radical (unpaired) electrons. The van der Waals surface area contributed by atoms with Gasteiger partial charge < -0.3 is 25.3 Å². The number of nitrogens with two attached hydrogens (primary N) is 1. The van der Waals surface area contributed by atoms with Crippen molar-refractivity contribution in [3.05, 3.63) is 47.5 Å². The van der Waals surface area contributed by atoms with Crippen LogP contribution >= 0.6 is 0 Å². The molecule has 0 bridgehead atoms. The Morgan fingerprint density at radius 1 is 0.745 bits per heavy atom. The Hall–Kier alpha value is -4.13. The molecule has 0 aliphatic rings. The first-order valence-electron chi connectivity index (χ1n) is 16.4. The summed E-state index contributed by atoms with van der Waals surface area (Å²) in [4.78, 5) is 73.7. The zero-order valence-corrected chi connectivity index (χ0v) is 30.3. The summed E-state index contributed by atoms with van der Waals surface area (Å²) in [6.07, 6.45) is 9.43. The number of benzene rings is 1. The van der Waals surface area contributed by atoms with Crippen molar-refractivity contribution < 1.29 is 24.0 Å². The number of hydrogen-bond donors (Lipinski definition) is 1. The average Bonchev–Trinajstić information content (AvgIpc) is 3.00. The number of allylic oxidation sites excluding steroid dienone is 1. The minimum atomic E-state index is -0.928. The molecule has 0 fully saturated rings. The normalized spacial score (nSPS) is 14.2. The molecule has 260 valence electrons. The molecular formula is C37H57N5O5. The van der Waals surface area contributed by atoms with E-state index in [0.717, 1.165) is 12.0 Å². The van der Waals surface area contributed by atoms with E-state index in [1.54, 1.807) is 28.1 Å². The molecule has 5 amide bonds. The molecule has 1 aromatic carbocycles. The maximum atomic E-state index is 14.2. The molecule has 1 aromatic rings. The number of likely N-dealkylation sites (N-methyl/N-ethyl adjacent to an activating group) is 4. The van der Waals surface area contributed by atoms with E-state index in [0.29, 0.717) is 18.4 Å². The van der Waals surface area contributed by atoms with Gasteiger partial charge in [0.1, 0.15) is 24.2 Å². The summed E-state index contributed by atoms with van der Waals surface area (Å²) in [6, 6.07) is 5.67. The number of amides is 5. The summed E-state index contributed by atoms with van der Waals surface area (Å²) < 4.78 is 0. The lowest BCUT2D eigenvalue weighted by Crippen LogP contribution is -2.61. The number of hydrogen-bond acceptors (Lipinski definition) is 5. The van der Waals surface area contributed by atoms with Gasteiger partial charge in [0, 0.05) is 46.6 Å². The van der Waals surface area contributed by atoms with Gasteiger partial charge in [-0.05, 0) is 43.1 Å². The highest BCUT2D eigenvalue weighted by molar-refractivity contribution is 5.98. The molecule has 0 heterocycles. The van der Waals surface area contributed by atoms with Gasteiger partial charge in [-0.1, -0.05) is 78.0 Å². The van der Waals surface area contributed by atoms with Crippen LogP contribution in [-0.4, -0.2) is 101 Å². The monoisotopic (exact) mass is 651 g/mol. The SMILES string of the molecule is C#CCCCC=C(C)C(=O)N(C)C(C(=O)N(C)C(C(=O)N(C)C(C(=O)N(C)C(Cc1ccccc1)C(N)=O)C(C)C)C(C)C)C(C)C. The van der Waals surface area contributed by atoms with E-state index in [1.807, 2.05) is 78.0 Å². The minimum absolute atomic E-state index is 0.231.